The van der Waals surface area contributed by atoms with Gasteiger partial charge in [-0.3, -0.25) is 9.78 Å². The van der Waals surface area contributed by atoms with Gasteiger partial charge >= 0.3 is 0 Å². The number of hydrogen-bond donors (Lipinski definition) is 1. The second kappa shape index (κ2) is 13.3. The molecule has 0 saturated carbocycles. The third kappa shape index (κ3) is 8.98. The zero-order chi connectivity index (χ0) is 26.4. The molecule has 36 heavy (non-hydrogen) atoms. The number of carbonyl (C=O) groups excluding carboxylic acids is 1. The summed E-state index contributed by atoms with van der Waals surface area (Å²) in [5, 5.41) is 10.7. The normalized spacial score (nSPS) is 12.9. The first-order valence-corrected chi connectivity index (χ1v) is 12.6. The van der Waals surface area contributed by atoms with Crippen molar-refractivity contribution < 1.29 is 30.0 Å². The number of rotatable bonds is 5. The predicted molar refractivity (Wildman–Crippen MR) is 149 cm³/mol. The Kier molecular flexibility index (Phi) is 11.7. The van der Waals surface area contributed by atoms with E-state index in [2.05, 4.69) is 69.3 Å². The van der Waals surface area contributed by atoms with Crippen LogP contribution >= 0.6 is 0 Å². The van der Waals surface area contributed by atoms with Gasteiger partial charge in [0, 0.05) is 37.0 Å². The molecule has 2 aromatic carbocycles. The molecule has 1 N–H and O–H groups in total. The Morgan fingerprint density at radius 3 is 2.19 bits per heavy atom. The number of hydrogen-bond acceptors (Lipinski definition) is 3. The summed E-state index contributed by atoms with van der Waals surface area (Å²) in [6.07, 6.45) is 3.49. The fourth-order valence-corrected chi connectivity index (χ4v) is 3.28. The van der Waals surface area contributed by atoms with Gasteiger partial charge in [-0.2, -0.15) is 0 Å². The Morgan fingerprint density at radius 1 is 1.00 bits per heavy atom. The molecule has 0 saturated heterocycles. The molecule has 4 heteroatoms. The number of fused-ring (bicyclic) bond motifs is 1. The van der Waals surface area contributed by atoms with Gasteiger partial charge in [-0.05, 0) is 29.5 Å². The number of aliphatic hydroxyl groups excluding tert-OH is 1. The summed E-state index contributed by atoms with van der Waals surface area (Å²) in [6, 6.07) is 20.6. The standard InChI is InChI=1S/C21H22N.C11H20O2.Ir/c1-4-15(3)18-12-16(5-2)13-19(14-18)21-11-10-17-8-6-7-9-20(17)22-21;1-10(2,3)8(12)7-9(13)11(4,5)6;/h6-12,14-15H,4-5H2,1-3H3;7,12H,1-6H3;/q-1;;/b;8-7-;. The third-order valence-electron chi connectivity index (χ3n) is 6.16. The maximum absolute atomic E-state index is 11.5. The summed E-state index contributed by atoms with van der Waals surface area (Å²) in [4.78, 5) is 16.3. The number of carbonyl (C=O) groups is 1. The Bertz CT molecular complexity index is 1180. The molecule has 3 rings (SSSR count). The molecular weight excluding hydrogens is 623 g/mol. The van der Waals surface area contributed by atoms with Crippen LogP contribution in [0.3, 0.4) is 0 Å². The molecule has 3 aromatic rings. The molecule has 1 unspecified atom stereocenters. The second-order valence-corrected chi connectivity index (χ2v) is 11.3. The van der Waals surface area contributed by atoms with E-state index in [9.17, 15) is 9.90 Å². The van der Waals surface area contributed by atoms with E-state index in [1.54, 1.807) is 0 Å². The first-order chi connectivity index (χ1) is 16.3. The van der Waals surface area contributed by atoms with E-state index in [0.29, 0.717) is 5.92 Å². The second-order valence-electron chi connectivity index (χ2n) is 11.3. The van der Waals surface area contributed by atoms with Gasteiger partial charge in [-0.15, -0.1) is 34.9 Å². The number of aryl methyl sites for hydroxylation is 1. The van der Waals surface area contributed by atoms with Crippen molar-refractivity contribution in [1.82, 2.24) is 4.98 Å². The van der Waals surface area contributed by atoms with Crippen LogP contribution in [-0.2, 0) is 31.3 Å². The molecule has 1 heterocycles. The van der Waals surface area contributed by atoms with Crippen LogP contribution in [0.5, 0.6) is 0 Å². The van der Waals surface area contributed by atoms with Crippen LogP contribution in [0.2, 0.25) is 0 Å². The Balaban J connectivity index is 0.000000402. The fraction of sp³-hybridized carbons (Fsp3) is 0.438. The minimum absolute atomic E-state index is 0. The molecule has 1 atom stereocenters. The quantitative estimate of drug-likeness (QED) is 0.168. The molecule has 0 aliphatic heterocycles. The minimum atomic E-state index is -0.417. The number of pyridine rings is 1. The predicted octanol–water partition coefficient (Wildman–Crippen LogP) is 8.86. The van der Waals surface area contributed by atoms with Gasteiger partial charge in [0.15, 0.2) is 5.78 Å². The molecular formula is C32H42IrNO2-. The molecule has 0 spiro atoms. The van der Waals surface area contributed by atoms with Gasteiger partial charge in [0.2, 0.25) is 0 Å². The molecule has 0 amide bonds. The summed E-state index contributed by atoms with van der Waals surface area (Å²) >= 11 is 0. The molecule has 0 bridgehead atoms. The topological polar surface area (TPSA) is 50.2 Å². The van der Waals surface area contributed by atoms with Crippen LogP contribution in [0.1, 0.15) is 85.8 Å². The van der Waals surface area contributed by atoms with Crippen LogP contribution < -0.4 is 0 Å². The number of nitrogens with zero attached hydrogens (tertiary/aromatic N) is 1. The third-order valence-corrected chi connectivity index (χ3v) is 6.16. The van der Waals surface area contributed by atoms with E-state index in [4.69, 9.17) is 4.98 Å². The van der Waals surface area contributed by atoms with E-state index in [1.165, 1.54) is 22.6 Å². The number of ketones is 1. The van der Waals surface area contributed by atoms with E-state index in [0.717, 1.165) is 29.6 Å². The molecule has 197 valence electrons. The number of aliphatic hydroxyl groups is 1. The van der Waals surface area contributed by atoms with E-state index in [1.807, 2.05) is 47.6 Å². The zero-order valence-corrected chi connectivity index (χ0v) is 25.7. The van der Waals surface area contributed by atoms with Crippen LogP contribution in [0.15, 0.2) is 60.4 Å². The summed E-state index contributed by atoms with van der Waals surface area (Å²) in [7, 11) is 0. The first kappa shape index (κ1) is 31.7. The maximum atomic E-state index is 11.5. The largest absolute Gasteiger partial charge is 0.512 e. The number of para-hydroxylation sites is 1. The summed E-state index contributed by atoms with van der Waals surface area (Å²) < 4.78 is 0. The van der Waals surface area contributed by atoms with Crippen molar-refractivity contribution in [2.75, 3.05) is 0 Å². The van der Waals surface area contributed by atoms with Gasteiger partial charge in [0.05, 0.1) is 5.52 Å². The Morgan fingerprint density at radius 2 is 1.64 bits per heavy atom. The van der Waals surface area contributed by atoms with Crippen molar-refractivity contribution >= 4 is 16.7 Å². The van der Waals surface area contributed by atoms with Gasteiger partial charge in [-0.25, -0.2) is 0 Å². The minimum Gasteiger partial charge on any atom is -0.512 e. The van der Waals surface area contributed by atoms with Crippen molar-refractivity contribution in [2.24, 2.45) is 10.8 Å². The van der Waals surface area contributed by atoms with Gasteiger partial charge in [0.1, 0.15) is 5.76 Å². The number of allylic oxidation sites excluding steroid dienone is 2. The summed E-state index contributed by atoms with van der Waals surface area (Å²) in [6.45, 7) is 17.8. The van der Waals surface area contributed by atoms with Crippen molar-refractivity contribution in [3.63, 3.8) is 0 Å². The number of benzene rings is 2. The SMILES string of the molecule is CC(C)(C)C(=O)/C=C(\O)C(C)(C)C.CCc1[c-]c(-c2ccc3ccccc3n2)cc(C(C)CC)c1.[Ir]. The molecule has 1 radical (unpaired) electrons. The Labute approximate surface area is 231 Å². The molecule has 0 aliphatic rings. The maximum Gasteiger partial charge on any atom is 0.164 e. The van der Waals surface area contributed by atoms with Gasteiger partial charge in [-0.1, -0.05) is 99.1 Å². The van der Waals surface area contributed by atoms with Crippen LogP contribution in [-0.4, -0.2) is 15.9 Å². The number of aromatic nitrogens is 1. The van der Waals surface area contributed by atoms with Gasteiger partial charge < -0.3 is 5.11 Å². The molecule has 3 nitrogen and oxygen atoms in total. The first-order valence-electron chi connectivity index (χ1n) is 12.6. The average molecular weight is 665 g/mol. The summed E-state index contributed by atoms with van der Waals surface area (Å²) in [5.74, 6) is 0.673. The zero-order valence-electron chi connectivity index (χ0n) is 23.3. The summed E-state index contributed by atoms with van der Waals surface area (Å²) in [5.41, 5.74) is 5.06. The average Bonchev–Trinajstić information content (AvgIpc) is 2.82. The smallest absolute Gasteiger partial charge is 0.164 e. The van der Waals surface area contributed by atoms with Crippen LogP contribution in [0, 0.1) is 16.9 Å². The molecule has 1 aromatic heterocycles. The Hall–Kier alpha value is -2.29. The monoisotopic (exact) mass is 665 g/mol. The van der Waals surface area contributed by atoms with Crippen molar-refractivity contribution in [3.8, 4) is 11.3 Å². The fourth-order valence-electron chi connectivity index (χ4n) is 3.28. The molecule has 0 fully saturated rings. The van der Waals surface area contributed by atoms with E-state index >= 15 is 0 Å². The van der Waals surface area contributed by atoms with Crippen LogP contribution in [0.4, 0.5) is 0 Å². The van der Waals surface area contributed by atoms with Gasteiger partial charge in [0.25, 0.3) is 0 Å². The van der Waals surface area contributed by atoms with Crippen molar-refractivity contribution in [3.05, 3.63) is 77.6 Å². The van der Waals surface area contributed by atoms with E-state index in [-0.39, 0.29) is 37.1 Å². The van der Waals surface area contributed by atoms with Crippen molar-refractivity contribution in [2.45, 2.75) is 81.1 Å². The molecule has 0 aliphatic carbocycles. The van der Waals surface area contributed by atoms with E-state index < -0.39 is 5.41 Å². The van der Waals surface area contributed by atoms with Crippen molar-refractivity contribution in [1.29, 1.82) is 0 Å². The van der Waals surface area contributed by atoms with Crippen LogP contribution in [0.25, 0.3) is 22.2 Å².